The van der Waals surface area contributed by atoms with Gasteiger partial charge in [-0.25, -0.2) is 4.99 Å². The molecular weight excluding hydrogens is 178 g/mol. The molecule has 13 heavy (non-hydrogen) atoms. The predicted molar refractivity (Wildman–Crippen MR) is 60.7 cm³/mol. The lowest BCUT2D eigenvalue weighted by atomic mass is 10.2. The van der Waals surface area contributed by atoms with Crippen LogP contribution in [0, 0.1) is 0 Å². The maximum Gasteiger partial charge on any atom is 0.0774 e. The molecule has 1 aliphatic heterocycles. The molecule has 0 saturated heterocycles. The van der Waals surface area contributed by atoms with Gasteiger partial charge < -0.3 is 0 Å². The Hall–Kier alpha value is -1.02. The summed E-state index contributed by atoms with van der Waals surface area (Å²) >= 11 is 1.72. The summed E-state index contributed by atoms with van der Waals surface area (Å²) in [6, 6.07) is 8.22. The topological polar surface area (TPSA) is 12.4 Å². The van der Waals surface area contributed by atoms with E-state index in [1.54, 1.807) is 11.8 Å². The van der Waals surface area contributed by atoms with Crippen LogP contribution in [-0.4, -0.2) is 11.3 Å². The van der Waals surface area contributed by atoms with Gasteiger partial charge >= 0.3 is 0 Å². The molecule has 0 unspecified atom stereocenters. The van der Waals surface area contributed by atoms with E-state index < -0.39 is 0 Å². The Morgan fingerprint density at radius 2 is 2.15 bits per heavy atom. The van der Waals surface area contributed by atoms with Crippen molar-refractivity contribution in [3.63, 3.8) is 0 Å². The summed E-state index contributed by atoms with van der Waals surface area (Å²) in [6.45, 7) is 0. The van der Waals surface area contributed by atoms with Gasteiger partial charge in [0.2, 0.25) is 0 Å². The van der Waals surface area contributed by atoms with Crippen LogP contribution < -0.4 is 0 Å². The number of benzene rings is 1. The van der Waals surface area contributed by atoms with Crippen molar-refractivity contribution >= 4 is 28.6 Å². The lowest BCUT2D eigenvalue weighted by Crippen LogP contribution is -1.85. The minimum Gasteiger partial charge on any atom is -0.246 e. The van der Waals surface area contributed by atoms with Crippen LogP contribution in [0.2, 0.25) is 0 Å². The van der Waals surface area contributed by atoms with Gasteiger partial charge in [-0.1, -0.05) is 30.4 Å². The van der Waals surface area contributed by atoms with E-state index in [1.807, 2.05) is 12.1 Å². The molecule has 0 atom stereocenters. The fourth-order valence-corrected chi connectivity index (χ4v) is 1.78. The van der Waals surface area contributed by atoms with Gasteiger partial charge in [0, 0.05) is 6.42 Å². The molecular formula is C11H11NS. The van der Waals surface area contributed by atoms with Gasteiger partial charge in [0.05, 0.1) is 10.7 Å². The van der Waals surface area contributed by atoms with E-state index in [4.69, 9.17) is 0 Å². The third kappa shape index (κ3) is 1.83. The molecule has 1 heterocycles. The number of nitrogens with zero attached hydrogens (tertiary/aromatic N) is 1. The summed E-state index contributed by atoms with van der Waals surface area (Å²) < 4.78 is 0. The van der Waals surface area contributed by atoms with Crippen molar-refractivity contribution < 1.29 is 0 Å². The minimum absolute atomic E-state index is 0.954. The van der Waals surface area contributed by atoms with Gasteiger partial charge in [0.15, 0.2) is 0 Å². The maximum atomic E-state index is 4.57. The number of rotatable bonds is 0. The maximum absolute atomic E-state index is 4.57. The van der Waals surface area contributed by atoms with Crippen molar-refractivity contribution in [3.05, 3.63) is 35.9 Å². The molecule has 0 aromatic heterocycles. The van der Waals surface area contributed by atoms with Crippen LogP contribution in [0.4, 0.5) is 5.69 Å². The molecule has 1 aromatic rings. The third-order valence-electron chi connectivity index (χ3n) is 2.01. The first-order valence-corrected chi connectivity index (χ1v) is 5.50. The SMILES string of the molecule is CSC1=Nc2ccccc2C=CC1. The molecule has 66 valence electrons. The molecule has 0 fully saturated rings. The summed E-state index contributed by atoms with van der Waals surface area (Å²) in [4.78, 5) is 4.57. The Kier molecular flexibility index (Phi) is 2.50. The number of hydrogen-bond acceptors (Lipinski definition) is 2. The highest BCUT2D eigenvalue weighted by Crippen LogP contribution is 2.25. The second-order valence-corrected chi connectivity index (χ2v) is 3.75. The standard InChI is InChI=1S/C11H11NS/c1-13-11-8-4-6-9-5-2-3-7-10(9)12-11/h2-7H,8H2,1H3. The molecule has 1 aliphatic rings. The van der Waals surface area contributed by atoms with Crippen molar-refractivity contribution in [1.29, 1.82) is 0 Å². The highest BCUT2D eigenvalue weighted by molar-refractivity contribution is 8.13. The van der Waals surface area contributed by atoms with Gasteiger partial charge in [0.1, 0.15) is 0 Å². The molecule has 0 bridgehead atoms. The number of hydrogen-bond donors (Lipinski definition) is 0. The van der Waals surface area contributed by atoms with E-state index in [-0.39, 0.29) is 0 Å². The zero-order chi connectivity index (χ0) is 9.10. The first kappa shape index (κ1) is 8.57. The molecule has 0 aliphatic carbocycles. The number of para-hydroxylation sites is 1. The van der Waals surface area contributed by atoms with Gasteiger partial charge in [-0.3, -0.25) is 0 Å². The van der Waals surface area contributed by atoms with Gasteiger partial charge in [-0.2, -0.15) is 0 Å². The lowest BCUT2D eigenvalue weighted by Gasteiger charge is -1.99. The van der Waals surface area contributed by atoms with Crippen molar-refractivity contribution in [1.82, 2.24) is 0 Å². The van der Waals surface area contributed by atoms with E-state index >= 15 is 0 Å². The summed E-state index contributed by atoms with van der Waals surface area (Å²) in [5.41, 5.74) is 2.30. The number of aliphatic imine (C=N–C) groups is 1. The largest absolute Gasteiger partial charge is 0.246 e. The quantitative estimate of drug-likeness (QED) is 0.608. The Bertz CT molecular complexity index is 366. The molecule has 0 spiro atoms. The van der Waals surface area contributed by atoms with Crippen LogP contribution in [0.1, 0.15) is 12.0 Å². The summed E-state index contributed by atoms with van der Waals surface area (Å²) in [7, 11) is 0. The average molecular weight is 189 g/mol. The fraction of sp³-hybridized carbons (Fsp3) is 0.182. The third-order valence-corrected chi connectivity index (χ3v) is 2.74. The van der Waals surface area contributed by atoms with E-state index in [0.717, 1.165) is 12.1 Å². The van der Waals surface area contributed by atoms with Gasteiger partial charge in [-0.15, -0.1) is 11.8 Å². The van der Waals surface area contributed by atoms with Crippen molar-refractivity contribution in [2.45, 2.75) is 6.42 Å². The second-order valence-electron chi connectivity index (χ2n) is 2.87. The lowest BCUT2D eigenvalue weighted by molar-refractivity contribution is 1.48. The number of thioether (sulfide) groups is 1. The second kappa shape index (κ2) is 3.79. The van der Waals surface area contributed by atoms with E-state index in [0.29, 0.717) is 0 Å². The van der Waals surface area contributed by atoms with Gasteiger partial charge in [0.25, 0.3) is 0 Å². The molecule has 1 nitrogen and oxygen atoms in total. The van der Waals surface area contributed by atoms with Crippen molar-refractivity contribution in [2.24, 2.45) is 4.99 Å². The van der Waals surface area contributed by atoms with Crippen LogP contribution in [0.15, 0.2) is 35.3 Å². The first-order valence-electron chi connectivity index (χ1n) is 4.27. The van der Waals surface area contributed by atoms with Crippen LogP contribution in [-0.2, 0) is 0 Å². The van der Waals surface area contributed by atoms with E-state index in [2.05, 4.69) is 35.5 Å². The average Bonchev–Trinajstić information content (AvgIpc) is 2.38. The van der Waals surface area contributed by atoms with Crippen LogP contribution in [0.3, 0.4) is 0 Å². The molecule has 1 aromatic carbocycles. The normalized spacial score (nSPS) is 14.7. The molecule has 0 radical (unpaired) electrons. The number of allylic oxidation sites excluding steroid dienone is 1. The van der Waals surface area contributed by atoms with Gasteiger partial charge in [-0.05, 0) is 17.9 Å². The van der Waals surface area contributed by atoms with Crippen molar-refractivity contribution in [2.75, 3.05) is 6.26 Å². The zero-order valence-corrected chi connectivity index (χ0v) is 8.34. The molecule has 0 N–H and O–H groups in total. The monoisotopic (exact) mass is 189 g/mol. The Labute approximate surface area is 82.6 Å². The van der Waals surface area contributed by atoms with E-state index in [9.17, 15) is 0 Å². The fourth-order valence-electron chi connectivity index (χ4n) is 1.33. The zero-order valence-electron chi connectivity index (χ0n) is 7.53. The highest BCUT2D eigenvalue weighted by atomic mass is 32.2. The number of fused-ring (bicyclic) bond motifs is 1. The van der Waals surface area contributed by atoms with E-state index in [1.165, 1.54) is 10.6 Å². The Balaban J connectivity index is 2.49. The Morgan fingerprint density at radius 1 is 1.31 bits per heavy atom. The van der Waals surface area contributed by atoms with Crippen LogP contribution >= 0.6 is 11.8 Å². The molecule has 0 saturated carbocycles. The molecule has 0 amide bonds. The minimum atomic E-state index is 0.954. The summed E-state index contributed by atoms with van der Waals surface area (Å²) in [5.74, 6) is 0. The summed E-state index contributed by atoms with van der Waals surface area (Å²) in [6.07, 6.45) is 7.33. The first-order chi connectivity index (χ1) is 6.40. The molecule has 2 heteroatoms. The smallest absolute Gasteiger partial charge is 0.0774 e. The Morgan fingerprint density at radius 3 is 3.00 bits per heavy atom. The summed E-state index contributed by atoms with van der Waals surface area (Å²) in [5, 5.41) is 1.18. The predicted octanol–water partition coefficient (Wildman–Crippen LogP) is 3.50. The van der Waals surface area contributed by atoms with Crippen molar-refractivity contribution in [3.8, 4) is 0 Å². The van der Waals surface area contributed by atoms with Crippen LogP contribution in [0.25, 0.3) is 6.08 Å². The van der Waals surface area contributed by atoms with Crippen LogP contribution in [0.5, 0.6) is 0 Å². The molecule has 2 rings (SSSR count). The highest BCUT2D eigenvalue weighted by Gasteiger charge is 2.03.